The lowest BCUT2D eigenvalue weighted by atomic mass is 10.0. The van der Waals surface area contributed by atoms with Gasteiger partial charge in [-0.05, 0) is 46.3 Å². The molecule has 0 radical (unpaired) electrons. The average Bonchev–Trinajstić information content (AvgIpc) is 2.79. The maximum atomic E-state index is 14.6. The highest BCUT2D eigenvalue weighted by Crippen LogP contribution is 2.28. The summed E-state index contributed by atoms with van der Waals surface area (Å²) in [5.41, 5.74) is -0.221. The molecule has 0 aliphatic carbocycles. The van der Waals surface area contributed by atoms with Gasteiger partial charge < -0.3 is 20.1 Å². The van der Waals surface area contributed by atoms with Crippen LogP contribution in [0, 0.1) is 5.82 Å². The zero-order valence-electron chi connectivity index (χ0n) is 19.9. The highest BCUT2D eigenvalue weighted by Gasteiger charge is 2.24. The number of unbranched alkanes of at least 4 members (excludes halogenated alkanes) is 1. The van der Waals surface area contributed by atoms with Crippen molar-refractivity contribution >= 4 is 11.6 Å². The molecule has 1 aliphatic rings. The zero-order valence-corrected chi connectivity index (χ0v) is 19.9. The SMILES string of the molecule is CCCCn1cc(C(=O)NC(C)c2cccc(C(F)F)c2F)c(NC2CCN(C)CC2)cc1=O. The smallest absolute Gasteiger partial charge is 0.266 e. The van der Waals surface area contributed by atoms with Crippen LogP contribution < -0.4 is 16.2 Å². The first-order valence-electron chi connectivity index (χ1n) is 11.8. The predicted octanol–water partition coefficient (Wildman–Crippen LogP) is 4.72. The molecule has 1 aromatic heterocycles. The number of aryl methyl sites for hydroxylation is 1. The van der Waals surface area contributed by atoms with E-state index in [0.29, 0.717) is 12.2 Å². The first-order chi connectivity index (χ1) is 16.2. The molecule has 1 aliphatic heterocycles. The van der Waals surface area contributed by atoms with E-state index in [1.165, 1.54) is 29.0 Å². The number of likely N-dealkylation sites (tertiary alicyclic amines) is 1. The van der Waals surface area contributed by atoms with Gasteiger partial charge in [-0.15, -0.1) is 0 Å². The molecular weight excluding hydrogens is 445 g/mol. The Morgan fingerprint density at radius 2 is 1.88 bits per heavy atom. The van der Waals surface area contributed by atoms with Gasteiger partial charge in [0.05, 0.1) is 22.9 Å². The van der Waals surface area contributed by atoms with Crippen LogP contribution in [0.5, 0.6) is 0 Å². The third kappa shape index (κ3) is 6.20. The van der Waals surface area contributed by atoms with E-state index in [1.807, 2.05) is 14.0 Å². The first kappa shape index (κ1) is 25.8. The molecule has 0 spiro atoms. The summed E-state index contributed by atoms with van der Waals surface area (Å²) >= 11 is 0. The van der Waals surface area contributed by atoms with E-state index >= 15 is 0 Å². The lowest BCUT2D eigenvalue weighted by molar-refractivity contribution is 0.0939. The number of amides is 1. The van der Waals surface area contributed by atoms with Crippen LogP contribution in [0.15, 0.2) is 35.3 Å². The van der Waals surface area contributed by atoms with Crippen LogP contribution in [0.2, 0.25) is 0 Å². The second-order valence-electron chi connectivity index (χ2n) is 8.95. The molecule has 2 aromatic rings. The van der Waals surface area contributed by atoms with E-state index in [4.69, 9.17) is 0 Å². The van der Waals surface area contributed by atoms with Crippen molar-refractivity contribution in [2.45, 2.75) is 64.6 Å². The third-order valence-corrected chi connectivity index (χ3v) is 6.31. The molecule has 1 aromatic carbocycles. The van der Waals surface area contributed by atoms with Crippen molar-refractivity contribution in [1.29, 1.82) is 0 Å². The van der Waals surface area contributed by atoms with Crippen LogP contribution in [0.25, 0.3) is 0 Å². The van der Waals surface area contributed by atoms with Crippen molar-refractivity contribution in [3.8, 4) is 0 Å². The normalized spacial score (nSPS) is 16.0. The van der Waals surface area contributed by atoms with E-state index in [1.54, 1.807) is 6.92 Å². The minimum absolute atomic E-state index is 0.0183. The average molecular weight is 479 g/mol. The topological polar surface area (TPSA) is 66.4 Å². The molecule has 1 saturated heterocycles. The summed E-state index contributed by atoms with van der Waals surface area (Å²) in [4.78, 5) is 28.2. The number of alkyl halides is 2. The van der Waals surface area contributed by atoms with Gasteiger partial charge in [-0.2, -0.15) is 0 Å². The Bertz CT molecular complexity index is 1050. The number of hydrogen-bond donors (Lipinski definition) is 2. The third-order valence-electron chi connectivity index (χ3n) is 6.31. The van der Waals surface area contributed by atoms with Crippen molar-refractivity contribution < 1.29 is 18.0 Å². The summed E-state index contributed by atoms with van der Waals surface area (Å²) in [6.45, 7) is 5.85. The standard InChI is InChI=1S/C25H33F3N4O2/c1-4-5-11-32-15-20(21(14-22(32)33)30-17-9-12-31(3)13-10-17)25(34)29-16(2)18-7-6-8-19(23(18)26)24(27)28/h6-8,14-17,24,30H,4-5,9-13H2,1-3H3,(H,29,34). The number of hydrogen-bond acceptors (Lipinski definition) is 4. The Labute approximate surface area is 198 Å². The second kappa shape index (κ2) is 11.6. The molecule has 6 nitrogen and oxygen atoms in total. The van der Waals surface area contributed by atoms with Crippen LogP contribution in [-0.2, 0) is 6.54 Å². The van der Waals surface area contributed by atoms with Crippen LogP contribution in [0.4, 0.5) is 18.9 Å². The molecule has 1 fully saturated rings. The molecule has 0 bridgehead atoms. The maximum Gasteiger partial charge on any atom is 0.266 e. The molecule has 186 valence electrons. The van der Waals surface area contributed by atoms with Crippen LogP contribution in [0.1, 0.15) is 73.5 Å². The fraction of sp³-hybridized carbons (Fsp3) is 0.520. The Balaban J connectivity index is 1.88. The number of piperidine rings is 1. The Morgan fingerprint density at radius 3 is 2.53 bits per heavy atom. The van der Waals surface area contributed by atoms with Gasteiger partial charge in [0.1, 0.15) is 5.82 Å². The fourth-order valence-electron chi connectivity index (χ4n) is 4.17. The minimum atomic E-state index is -2.95. The van der Waals surface area contributed by atoms with Gasteiger partial charge in [0.15, 0.2) is 0 Å². The largest absolute Gasteiger partial charge is 0.381 e. The number of rotatable bonds is 9. The van der Waals surface area contributed by atoms with E-state index in [0.717, 1.165) is 44.8 Å². The monoisotopic (exact) mass is 478 g/mol. The predicted molar refractivity (Wildman–Crippen MR) is 127 cm³/mol. The maximum absolute atomic E-state index is 14.6. The summed E-state index contributed by atoms with van der Waals surface area (Å²) in [6, 6.07) is 4.47. The van der Waals surface area contributed by atoms with Gasteiger partial charge in [-0.1, -0.05) is 31.5 Å². The van der Waals surface area contributed by atoms with Crippen molar-refractivity contribution in [1.82, 2.24) is 14.8 Å². The summed E-state index contributed by atoms with van der Waals surface area (Å²) in [7, 11) is 2.05. The first-order valence-corrected chi connectivity index (χ1v) is 11.8. The zero-order chi connectivity index (χ0) is 24.8. The van der Waals surface area contributed by atoms with Crippen LogP contribution in [0.3, 0.4) is 0 Å². The molecule has 3 rings (SSSR count). The van der Waals surface area contributed by atoms with E-state index < -0.39 is 29.8 Å². The van der Waals surface area contributed by atoms with Gasteiger partial charge in [0, 0.05) is 30.4 Å². The highest BCUT2D eigenvalue weighted by atomic mass is 19.3. The van der Waals surface area contributed by atoms with Crippen molar-refractivity contribution in [3.05, 3.63) is 63.3 Å². The number of pyridine rings is 1. The minimum Gasteiger partial charge on any atom is -0.381 e. The lowest BCUT2D eigenvalue weighted by Crippen LogP contribution is -2.38. The van der Waals surface area contributed by atoms with Crippen molar-refractivity contribution in [3.63, 3.8) is 0 Å². The Morgan fingerprint density at radius 1 is 1.21 bits per heavy atom. The molecular formula is C25H33F3N4O2. The van der Waals surface area contributed by atoms with E-state index in [2.05, 4.69) is 15.5 Å². The number of carbonyl (C=O) groups is 1. The summed E-state index contributed by atoms with van der Waals surface area (Å²) in [5, 5.41) is 6.07. The summed E-state index contributed by atoms with van der Waals surface area (Å²) < 4.78 is 42.3. The molecule has 1 amide bonds. The summed E-state index contributed by atoms with van der Waals surface area (Å²) in [6.07, 6.45) is 2.00. The van der Waals surface area contributed by atoms with Gasteiger partial charge in [-0.3, -0.25) is 9.59 Å². The van der Waals surface area contributed by atoms with E-state index in [-0.39, 0.29) is 22.7 Å². The molecule has 2 N–H and O–H groups in total. The molecule has 9 heteroatoms. The number of aromatic nitrogens is 1. The number of carbonyl (C=O) groups excluding carboxylic acids is 1. The molecule has 0 saturated carbocycles. The Kier molecular flexibility index (Phi) is 8.77. The second-order valence-corrected chi connectivity index (χ2v) is 8.95. The van der Waals surface area contributed by atoms with Gasteiger partial charge >= 0.3 is 0 Å². The number of benzene rings is 1. The van der Waals surface area contributed by atoms with Crippen LogP contribution >= 0.6 is 0 Å². The Hall–Kier alpha value is -2.81. The van der Waals surface area contributed by atoms with Gasteiger partial charge in [0.2, 0.25) is 0 Å². The quantitative estimate of drug-likeness (QED) is 0.547. The number of nitrogens with zero attached hydrogens (tertiary/aromatic N) is 2. The molecule has 34 heavy (non-hydrogen) atoms. The highest BCUT2D eigenvalue weighted by molar-refractivity contribution is 5.99. The number of anilines is 1. The molecule has 1 atom stereocenters. The number of halogens is 3. The van der Waals surface area contributed by atoms with Crippen molar-refractivity contribution in [2.24, 2.45) is 0 Å². The lowest BCUT2D eigenvalue weighted by Gasteiger charge is -2.30. The van der Waals surface area contributed by atoms with Gasteiger partial charge in [0.25, 0.3) is 17.9 Å². The molecule has 2 heterocycles. The van der Waals surface area contributed by atoms with E-state index in [9.17, 15) is 22.8 Å². The summed E-state index contributed by atoms with van der Waals surface area (Å²) in [5.74, 6) is -1.53. The van der Waals surface area contributed by atoms with Crippen molar-refractivity contribution in [2.75, 3.05) is 25.5 Å². The van der Waals surface area contributed by atoms with Gasteiger partial charge in [-0.25, -0.2) is 13.2 Å². The fourth-order valence-corrected chi connectivity index (χ4v) is 4.17. The van der Waals surface area contributed by atoms with Crippen LogP contribution in [-0.4, -0.2) is 41.6 Å². The molecule has 1 unspecified atom stereocenters. The number of nitrogens with one attached hydrogen (secondary N) is 2.